The molecule has 3 aromatic rings. The van der Waals surface area contributed by atoms with Crippen LogP contribution in [0.5, 0.6) is 0 Å². The van der Waals surface area contributed by atoms with Crippen molar-refractivity contribution in [1.82, 2.24) is 24.6 Å². The summed E-state index contributed by atoms with van der Waals surface area (Å²) in [5, 5.41) is 7.84. The van der Waals surface area contributed by atoms with Gasteiger partial charge in [-0.1, -0.05) is 20.8 Å². The van der Waals surface area contributed by atoms with Gasteiger partial charge < -0.3 is 9.80 Å². The van der Waals surface area contributed by atoms with Crippen LogP contribution in [0.1, 0.15) is 56.8 Å². The highest BCUT2D eigenvalue weighted by molar-refractivity contribution is 5.92. The molecule has 0 atom stereocenters. The highest BCUT2D eigenvalue weighted by Gasteiger charge is 2.26. The predicted molar refractivity (Wildman–Crippen MR) is 122 cm³/mol. The Labute approximate surface area is 181 Å². The zero-order valence-corrected chi connectivity index (χ0v) is 18.8. The number of amides is 1. The van der Waals surface area contributed by atoms with Gasteiger partial charge in [-0.15, -0.1) is 0 Å². The first-order valence-electron chi connectivity index (χ1n) is 10.8. The number of carbonyl (C=O) groups excluding carboxylic acids is 1. The van der Waals surface area contributed by atoms with E-state index in [0.717, 1.165) is 24.5 Å². The highest BCUT2D eigenvalue weighted by Crippen LogP contribution is 2.23. The molecule has 31 heavy (non-hydrogen) atoms. The zero-order valence-electron chi connectivity index (χ0n) is 18.8. The number of aromatic amines is 1. The van der Waals surface area contributed by atoms with E-state index in [4.69, 9.17) is 0 Å². The van der Waals surface area contributed by atoms with Gasteiger partial charge in [0, 0.05) is 49.0 Å². The van der Waals surface area contributed by atoms with Crippen molar-refractivity contribution < 1.29 is 4.79 Å². The second-order valence-electron chi connectivity index (χ2n) is 9.45. The van der Waals surface area contributed by atoms with Crippen molar-refractivity contribution in [2.24, 2.45) is 0 Å². The van der Waals surface area contributed by atoms with E-state index in [9.17, 15) is 9.59 Å². The van der Waals surface area contributed by atoms with Crippen LogP contribution in [-0.2, 0) is 5.41 Å². The summed E-state index contributed by atoms with van der Waals surface area (Å²) < 4.78 is 1.65. The molecule has 0 radical (unpaired) electrons. The lowest BCUT2D eigenvalue weighted by molar-refractivity contribution is 0.0741. The molecular weight excluding hydrogens is 392 g/mol. The van der Waals surface area contributed by atoms with Gasteiger partial charge in [-0.05, 0) is 38.1 Å². The minimum atomic E-state index is -0.0766. The number of carbonyl (C=O) groups is 1. The van der Waals surface area contributed by atoms with Gasteiger partial charge in [0.1, 0.15) is 5.69 Å². The van der Waals surface area contributed by atoms with Gasteiger partial charge in [0.15, 0.2) is 0 Å². The molecule has 4 rings (SSSR count). The number of nitrogens with zero attached hydrogens (tertiary/aromatic N) is 5. The van der Waals surface area contributed by atoms with E-state index in [1.54, 1.807) is 10.9 Å². The average Bonchev–Trinajstić information content (AvgIpc) is 3.24. The molecule has 0 spiro atoms. The molecule has 1 fully saturated rings. The minimum absolute atomic E-state index is 0.0180. The van der Waals surface area contributed by atoms with Crippen LogP contribution in [-0.4, -0.2) is 56.7 Å². The molecule has 8 heteroatoms. The molecule has 0 bridgehead atoms. The van der Waals surface area contributed by atoms with Crippen molar-refractivity contribution in [3.63, 3.8) is 0 Å². The molecule has 1 amide bonds. The molecule has 1 saturated heterocycles. The molecule has 1 aliphatic heterocycles. The summed E-state index contributed by atoms with van der Waals surface area (Å²) in [4.78, 5) is 34.0. The van der Waals surface area contributed by atoms with E-state index in [1.165, 1.54) is 0 Å². The number of H-pyrrole nitrogens is 1. The third kappa shape index (κ3) is 4.06. The van der Waals surface area contributed by atoms with E-state index < -0.39 is 0 Å². The Hall–Kier alpha value is -3.16. The summed E-state index contributed by atoms with van der Waals surface area (Å²) in [6.07, 6.45) is 1.62. The van der Waals surface area contributed by atoms with Gasteiger partial charge in [0.2, 0.25) is 0 Å². The Kier molecular flexibility index (Phi) is 5.33. The number of benzene rings is 1. The smallest absolute Gasteiger partial charge is 0.274 e. The van der Waals surface area contributed by atoms with Gasteiger partial charge >= 0.3 is 0 Å². The zero-order chi connectivity index (χ0) is 22.3. The lowest BCUT2D eigenvalue weighted by atomic mass is 9.92. The van der Waals surface area contributed by atoms with E-state index in [-0.39, 0.29) is 22.9 Å². The van der Waals surface area contributed by atoms with Crippen LogP contribution in [0.2, 0.25) is 0 Å². The minimum Gasteiger partial charge on any atom is -0.368 e. The number of rotatable bonds is 3. The van der Waals surface area contributed by atoms with E-state index in [1.807, 2.05) is 43.0 Å². The second kappa shape index (κ2) is 7.83. The van der Waals surface area contributed by atoms with Crippen molar-refractivity contribution in [3.8, 4) is 0 Å². The first-order chi connectivity index (χ1) is 14.6. The molecule has 0 unspecified atom stereocenters. The summed E-state index contributed by atoms with van der Waals surface area (Å²) in [7, 11) is 0. The van der Waals surface area contributed by atoms with Crippen LogP contribution >= 0.6 is 0 Å². The molecule has 3 heterocycles. The van der Waals surface area contributed by atoms with Crippen molar-refractivity contribution in [2.45, 2.75) is 46.1 Å². The van der Waals surface area contributed by atoms with E-state index >= 15 is 0 Å². The number of hydrogen-bond acceptors (Lipinski definition) is 5. The summed E-state index contributed by atoms with van der Waals surface area (Å²) >= 11 is 0. The second-order valence-corrected chi connectivity index (χ2v) is 9.45. The molecule has 1 aliphatic rings. The van der Waals surface area contributed by atoms with E-state index in [0.29, 0.717) is 29.7 Å². The molecular formula is C23H30N6O2. The Morgan fingerprint density at radius 2 is 1.81 bits per heavy atom. The van der Waals surface area contributed by atoms with Gasteiger partial charge in [0.05, 0.1) is 17.2 Å². The first-order valence-corrected chi connectivity index (χ1v) is 10.8. The molecule has 1 N–H and O–H groups in total. The maximum Gasteiger partial charge on any atom is 0.274 e. The number of nitrogens with one attached hydrogen (secondary N) is 1. The quantitative estimate of drug-likeness (QED) is 0.701. The van der Waals surface area contributed by atoms with Crippen LogP contribution in [0.4, 0.5) is 5.69 Å². The Morgan fingerprint density at radius 3 is 2.42 bits per heavy atom. The maximum absolute atomic E-state index is 12.9. The molecule has 8 nitrogen and oxygen atoms in total. The van der Waals surface area contributed by atoms with Crippen molar-refractivity contribution >= 4 is 22.5 Å². The molecule has 1 aromatic carbocycles. The normalized spacial score (nSPS) is 15.2. The number of hydrogen-bond donors (Lipinski definition) is 1. The number of aromatic nitrogens is 4. The molecule has 164 valence electrons. The fourth-order valence-corrected chi connectivity index (χ4v) is 3.83. The van der Waals surface area contributed by atoms with Crippen LogP contribution in [0.3, 0.4) is 0 Å². The Bertz CT molecular complexity index is 1160. The lowest BCUT2D eigenvalue weighted by Gasteiger charge is -2.35. The fraction of sp³-hybridized carbons (Fsp3) is 0.478. The molecule has 2 aromatic heterocycles. The van der Waals surface area contributed by atoms with Gasteiger partial charge in [-0.2, -0.15) is 5.10 Å². The fourth-order valence-electron chi connectivity index (χ4n) is 3.83. The summed E-state index contributed by atoms with van der Waals surface area (Å²) in [6.45, 7) is 12.9. The van der Waals surface area contributed by atoms with E-state index in [2.05, 4.69) is 40.9 Å². The van der Waals surface area contributed by atoms with Gasteiger partial charge in [-0.25, -0.2) is 4.98 Å². The van der Waals surface area contributed by atoms with Gasteiger partial charge in [0.25, 0.3) is 11.5 Å². The monoisotopic (exact) mass is 422 g/mol. The largest absolute Gasteiger partial charge is 0.368 e. The third-order valence-corrected chi connectivity index (χ3v) is 5.86. The SMILES string of the molecule is CC(C)n1cnc2cc(N3CCN(C(=O)c4cc(C(C)(C)C)[nH]n4)CC3)ccc2c1=O. The third-order valence-electron chi connectivity index (χ3n) is 5.86. The van der Waals surface area contributed by atoms with Gasteiger partial charge in [-0.3, -0.25) is 19.3 Å². The highest BCUT2D eigenvalue weighted by atomic mass is 16.2. The lowest BCUT2D eigenvalue weighted by Crippen LogP contribution is -2.48. The molecule has 0 saturated carbocycles. The summed E-state index contributed by atoms with van der Waals surface area (Å²) in [5.74, 6) is -0.0409. The first kappa shape index (κ1) is 21.1. The average molecular weight is 423 g/mol. The van der Waals surface area contributed by atoms with Crippen molar-refractivity contribution in [3.05, 3.63) is 52.3 Å². The number of fused-ring (bicyclic) bond motifs is 1. The number of anilines is 1. The molecule has 0 aliphatic carbocycles. The van der Waals surface area contributed by atoms with Crippen LogP contribution in [0.25, 0.3) is 10.9 Å². The summed E-state index contributed by atoms with van der Waals surface area (Å²) in [6, 6.07) is 7.71. The standard InChI is InChI=1S/C23H30N6O2/c1-15(2)29-14-24-18-12-16(6-7-17(18)21(29)30)27-8-10-28(11-9-27)22(31)19-13-20(26-25-19)23(3,4)5/h6-7,12-15H,8-11H2,1-5H3,(H,25,26). The maximum atomic E-state index is 12.9. The van der Waals surface area contributed by atoms with Crippen LogP contribution in [0.15, 0.2) is 35.4 Å². The summed E-state index contributed by atoms with van der Waals surface area (Å²) in [5.41, 5.74) is 3.04. The number of piperazine rings is 1. The van der Waals surface area contributed by atoms with Crippen molar-refractivity contribution in [1.29, 1.82) is 0 Å². The Morgan fingerprint density at radius 1 is 1.10 bits per heavy atom. The predicted octanol–water partition coefficient (Wildman–Crippen LogP) is 2.96. The van der Waals surface area contributed by atoms with Crippen LogP contribution in [0, 0.1) is 0 Å². The van der Waals surface area contributed by atoms with Crippen molar-refractivity contribution in [2.75, 3.05) is 31.1 Å². The van der Waals surface area contributed by atoms with Crippen LogP contribution < -0.4 is 10.5 Å². The Balaban J connectivity index is 1.46. The topological polar surface area (TPSA) is 87.1 Å².